The van der Waals surface area contributed by atoms with E-state index in [1.807, 2.05) is 13.1 Å². The topological polar surface area (TPSA) is 30.5 Å². The Bertz CT molecular complexity index is 361. The zero-order chi connectivity index (χ0) is 12.1. The lowest BCUT2D eigenvalue weighted by Crippen LogP contribution is -2.24. The van der Waals surface area contributed by atoms with E-state index in [2.05, 4.69) is 17.4 Å². The van der Waals surface area contributed by atoms with Crippen LogP contribution in [0, 0.1) is 0 Å². The molecule has 0 amide bonds. The molecule has 1 aliphatic carbocycles. The molecule has 0 heterocycles. The molecule has 0 atom stereocenters. The average Bonchev–Trinajstić information content (AvgIpc) is 2.31. The van der Waals surface area contributed by atoms with Crippen molar-refractivity contribution in [3.8, 4) is 11.5 Å². The van der Waals surface area contributed by atoms with E-state index in [1.165, 1.54) is 24.8 Å². The van der Waals surface area contributed by atoms with Gasteiger partial charge >= 0.3 is 0 Å². The number of ether oxygens (including phenoxy) is 2. The SMILES string of the molecule is CNCCc1ccc(OC2CCC2)c(OC)c1. The molecule has 0 bridgehead atoms. The Morgan fingerprint density at radius 2 is 2.12 bits per heavy atom. The number of likely N-dealkylation sites (N-methyl/N-ethyl adjacent to an activating group) is 1. The van der Waals surface area contributed by atoms with Crippen LogP contribution in [0.5, 0.6) is 11.5 Å². The summed E-state index contributed by atoms with van der Waals surface area (Å²) >= 11 is 0. The van der Waals surface area contributed by atoms with Crippen molar-refractivity contribution in [2.75, 3.05) is 20.7 Å². The summed E-state index contributed by atoms with van der Waals surface area (Å²) in [5.41, 5.74) is 1.28. The molecule has 1 aromatic carbocycles. The molecule has 2 rings (SSSR count). The van der Waals surface area contributed by atoms with E-state index >= 15 is 0 Å². The number of rotatable bonds is 6. The van der Waals surface area contributed by atoms with Gasteiger partial charge in [-0.15, -0.1) is 0 Å². The van der Waals surface area contributed by atoms with Crippen LogP contribution in [0.1, 0.15) is 24.8 Å². The van der Waals surface area contributed by atoms with Gasteiger partial charge in [0.05, 0.1) is 13.2 Å². The first kappa shape index (κ1) is 12.2. The zero-order valence-electron chi connectivity index (χ0n) is 10.7. The minimum Gasteiger partial charge on any atom is -0.493 e. The molecule has 1 fully saturated rings. The quantitative estimate of drug-likeness (QED) is 0.821. The van der Waals surface area contributed by atoms with Gasteiger partial charge in [-0.25, -0.2) is 0 Å². The van der Waals surface area contributed by atoms with Crippen LogP contribution in [0.25, 0.3) is 0 Å². The third-order valence-corrected chi connectivity index (χ3v) is 3.24. The average molecular weight is 235 g/mol. The first-order valence-electron chi connectivity index (χ1n) is 6.31. The Kier molecular flexibility index (Phi) is 4.26. The monoisotopic (exact) mass is 235 g/mol. The van der Waals surface area contributed by atoms with Crippen molar-refractivity contribution in [2.45, 2.75) is 31.8 Å². The van der Waals surface area contributed by atoms with Gasteiger partial charge in [0.2, 0.25) is 0 Å². The summed E-state index contributed by atoms with van der Waals surface area (Å²) in [5.74, 6) is 1.73. The van der Waals surface area contributed by atoms with E-state index in [0.717, 1.165) is 24.5 Å². The third kappa shape index (κ3) is 3.13. The minimum atomic E-state index is 0.395. The molecule has 0 saturated heterocycles. The standard InChI is InChI=1S/C14H21NO2/c1-15-9-8-11-6-7-13(14(10-11)16-2)17-12-4-3-5-12/h6-7,10,12,15H,3-5,8-9H2,1-2H3. The van der Waals surface area contributed by atoms with Gasteiger partial charge in [0.15, 0.2) is 11.5 Å². The molecular weight excluding hydrogens is 214 g/mol. The highest BCUT2D eigenvalue weighted by atomic mass is 16.5. The van der Waals surface area contributed by atoms with Gasteiger partial charge in [0.1, 0.15) is 0 Å². The van der Waals surface area contributed by atoms with Gasteiger partial charge in [0.25, 0.3) is 0 Å². The van der Waals surface area contributed by atoms with Crippen LogP contribution in [0.15, 0.2) is 18.2 Å². The molecule has 0 unspecified atom stereocenters. The number of nitrogens with one attached hydrogen (secondary N) is 1. The van der Waals surface area contributed by atoms with Crippen molar-refractivity contribution in [2.24, 2.45) is 0 Å². The maximum Gasteiger partial charge on any atom is 0.161 e. The van der Waals surface area contributed by atoms with Crippen LogP contribution in [0.4, 0.5) is 0 Å². The number of hydrogen-bond donors (Lipinski definition) is 1. The molecule has 3 nitrogen and oxygen atoms in total. The Balaban J connectivity index is 2.04. The van der Waals surface area contributed by atoms with E-state index in [9.17, 15) is 0 Å². The molecule has 1 aliphatic rings. The fourth-order valence-corrected chi connectivity index (χ4v) is 1.90. The smallest absolute Gasteiger partial charge is 0.161 e. The van der Waals surface area contributed by atoms with Gasteiger partial charge in [-0.05, 0) is 57.0 Å². The second kappa shape index (κ2) is 5.92. The number of hydrogen-bond acceptors (Lipinski definition) is 3. The summed E-state index contributed by atoms with van der Waals surface area (Å²) in [6, 6.07) is 6.22. The highest BCUT2D eigenvalue weighted by molar-refractivity contribution is 5.43. The van der Waals surface area contributed by atoms with Crippen molar-refractivity contribution in [3.63, 3.8) is 0 Å². The molecule has 3 heteroatoms. The van der Waals surface area contributed by atoms with Crippen LogP contribution in [0.2, 0.25) is 0 Å². The Morgan fingerprint density at radius 3 is 2.71 bits per heavy atom. The van der Waals surface area contributed by atoms with E-state index in [1.54, 1.807) is 7.11 Å². The Morgan fingerprint density at radius 1 is 1.29 bits per heavy atom. The molecule has 17 heavy (non-hydrogen) atoms. The summed E-state index contributed by atoms with van der Waals surface area (Å²) in [5, 5.41) is 3.15. The third-order valence-electron chi connectivity index (χ3n) is 3.24. The van der Waals surface area contributed by atoms with Crippen molar-refractivity contribution in [1.82, 2.24) is 5.32 Å². The number of benzene rings is 1. The molecule has 0 radical (unpaired) electrons. The summed E-state index contributed by atoms with van der Waals surface area (Å²) in [7, 11) is 3.66. The minimum absolute atomic E-state index is 0.395. The van der Waals surface area contributed by atoms with Crippen LogP contribution in [0.3, 0.4) is 0 Å². The highest BCUT2D eigenvalue weighted by Crippen LogP contribution is 2.32. The second-order valence-corrected chi connectivity index (χ2v) is 4.51. The van der Waals surface area contributed by atoms with Gasteiger partial charge in [0, 0.05) is 0 Å². The maximum atomic E-state index is 5.89. The second-order valence-electron chi connectivity index (χ2n) is 4.51. The highest BCUT2D eigenvalue weighted by Gasteiger charge is 2.20. The zero-order valence-corrected chi connectivity index (χ0v) is 10.7. The Hall–Kier alpha value is -1.22. The largest absolute Gasteiger partial charge is 0.493 e. The predicted molar refractivity (Wildman–Crippen MR) is 68.9 cm³/mol. The van der Waals surface area contributed by atoms with Crippen LogP contribution in [-0.4, -0.2) is 26.8 Å². The normalized spacial score (nSPS) is 15.4. The summed E-state index contributed by atoms with van der Waals surface area (Å²) < 4.78 is 11.3. The van der Waals surface area contributed by atoms with E-state index in [-0.39, 0.29) is 0 Å². The van der Waals surface area contributed by atoms with E-state index < -0.39 is 0 Å². The lowest BCUT2D eigenvalue weighted by atomic mass is 9.96. The van der Waals surface area contributed by atoms with Crippen LogP contribution < -0.4 is 14.8 Å². The van der Waals surface area contributed by atoms with Crippen molar-refractivity contribution in [3.05, 3.63) is 23.8 Å². The first-order valence-corrected chi connectivity index (χ1v) is 6.31. The fourth-order valence-electron chi connectivity index (χ4n) is 1.90. The molecule has 0 aliphatic heterocycles. The van der Waals surface area contributed by atoms with Gasteiger partial charge in [-0.3, -0.25) is 0 Å². The van der Waals surface area contributed by atoms with Gasteiger partial charge in [-0.2, -0.15) is 0 Å². The van der Waals surface area contributed by atoms with Crippen LogP contribution >= 0.6 is 0 Å². The molecule has 1 N–H and O–H groups in total. The summed E-state index contributed by atoms with van der Waals surface area (Å²) in [4.78, 5) is 0. The lowest BCUT2D eigenvalue weighted by Gasteiger charge is -2.27. The first-order chi connectivity index (χ1) is 8.33. The molecule has 1 saturated carbocycles. The van der Waals surface area contributed by atoms with E-state index in [4.69, 9.17) is 9.47 Å². The number of methoxy groups -OCH3 is 1. The molecule has 94 valence electrons. The Labute approximate surface area is 103 Å². The van der Waals surface area contributed by atoms with Crippen molar-refractivity contribution < 1.29 is 9.47 Å². The van der Waals surface area contributed by atoms with Crippen molar-refractivity contribution >= 4 is 0 Å². The lowest BCUT2D eigenvalue weighted by molar-refractivity contribution is 0.116. The maximum absolute atomic E-state index is 5.89. The van der Waals surface area contributed by atoms with Gasteiger partial charge in [-0.1, -0.05) is 6.07 Å². The molecular formula is C14H21NO2. The van der Waals surface area contributed by atoms with Gasteiger partial charge < -0.3 is 14.8 Å². The van der Waals surface area contributed by atoms with Crippen molar-refractivity contribution in [1.29, 1.82) is 0 Å². The summed E-state index contributed by atoms with van der Waals surface area (Å²) in [6.07, 6.45) is 5.03. The molecule has 1 aromatic rings. The molecule has 0 spiro atoms. The summed E-state index contributed by atoms with van der Waals surface area (Å²) in [6.45, 7) is 0.978. The van der Waals surface area contributed by atoms with E-state index in [0.29, 0.717) is 6.10 Å². The van der Waals surface area contributed by atoms with Crippen LogP contribution in [-0.2, 0) is 6.42 Å². The predicted octanol–water partition coefficient (Wildman–Crippen LogP) is 2.39. The molecule has 0 aromatic heterocycles. The fraction of sp³-hybridized carbons (Fsp3) is 0.571.